The van der Waals surface area contributed by atoms with Crippen molar-refractivity contribution in [2.24, 2.45) is 28.6 Å². The molecule has 17 atom stereocenters. The van der Waals surface area contributed by atoms with E-state index in [2.05, 4.69) is 0 Å². The molecular weight excluding hydrogens is 680 g/mol. The molecule has 2 bridgehead atoms. The Labute approximate surface area is 293 Å². The summed E-state index contributed by atoms with van der Waals surface area (Å²) in [5, 5.41) is 87.6. The largest absolute Gasteiger partial charge is 0.467 e. The maximum absolute atomic E-state index is 13.8. The van der Waals surface area contributed by atoms with E-state index in [0.717, 1.165) is 13.2 Å². The molecule has 6 rings (SSSR count). The van der Waals surface area contributed by atoms with Gasteiger partial charge in [0.15, 0.2) is 6.29 Å². The number of fused-ring (bicyclic) bond motifs is 2. The van der Waals surface area contributed by atoms with E-state index in [-0.39, 0.29) is 12.0 Å². The Kier molecular flexibility index (Phi) is 9.58. The second-order valence-corrected chi connectivity index (χ2v) is 15.6. The number of esters is 3. The number of rotatable bonds is 7. The van der Waals surface area contributed by atoms with Gasteiger partial charge in [-0.15, -0.1) is 0 Å². The van der Waals surface area contributed by atoms with E-state index in [4.69, 9.17) is 28.4 Å². The first kappa shape index (κ1) is 38.2. The van der Waals surface area contributed by atoms with Crippen LogP contribution in [0.1, 0.15) is 41.0 Å². The number of aliphatic hydroxyl groups excluding tert-OH is 7. The van der Waals surface area contributed by atoms with E-state index in [9.17, 15) is 55.2 Å². The zero-order chi connectivity index (χ0) is 37.7. The van der Waals surface area contributed by atoms with Crippen molar-refractivity contribution in [3.63, 3.8) is 0 Å². The summed E-state index contributed by atoms with van der Waals surface area (Å²) in [5.41, 5.74) is -6.09. The van der Waals surface area contributed by atoms with Crippen LogP contribution in [0.5, 0.6) is 0 Å². The first-order chi connectivity index (χ1) is 23.7. The van der Waals surface area contributed by atoms with Gasteiger partial charge in [-0.2, -0.15) is 0 Å². The molecule has 0 aromatic heterocycles. The number of hydrogen-bond donors (Lipinski definition) is 8. The third kappa shape index (κ3) is 5.26. The van der Waals surface area contributed by atoms with Crippen LogP contribution >= 0.6 is 0 Å². The molecule has 17 heteroatoms. The highest BCUT2D eigenvalue weighted by Crippen LogP contribution is 2.73. The zero-order valence-electron chi connectivity index (χ0n) is 29.1. The quantitative estimate of drug-likeness (QED) is 0.0561. The van der Waals surface area contributed by atoms with Crippen LogP contribution in [0.25, 0.3) is 0 Å². The average Bonchev–Trinajstić information content (AvgIpc) is 3.37. The van der Waals surface area contributed by atoms with Gasteiger partial charge in [-0.3, -0.25) is 0 Å². The van der Waals surface area contributed by atoms with Gasteiger partial charge >= 0.3 is 17.9 Å². The van der Waals surface area contributed by atoms with Gasteiger partial charge in [-0.1, -0.05) is 18.6 Å². The molecule has 6 aliphatic rings. The van der Waals surface area contributed by atoms with E-state index in [0.29, 0.717) is 5.57 Å². The molecule has 0 unspecified atom stereocenters. The molecule has 3 aliphatic heterocycles. The lowest BCUT2D eigenvalue weighted by Crippen LogP contribution is -2.80. The maximum Gasteiger partial charge on any atom is 0.348 e. The predicted octanol–water partition coefficient (Wildman–Crippen LogP) is -3.03. The van der Waals surface area contributed by atoms with Crippen molar-refractivity contribution in [2.45, 2.75) is 120 Å². The van der Waals surface area contributed by atoms with Gasteiger partial charge in [0.2, 0.25) is 11.7 Å². The van der Waals surface area contributed by atoms with Crippen LogP contribution in [0.2, 0.25) is 0 Å². The minimum atomic E-state index is -2.41. The fraction of sp³-hybridized carbons (Fsp3) is 0.794. The van der Waals surface area contributed by atoms with E-state index >= 15 is 0 Å². The van der Waals surface area contributed by atoms with Crippen molar-refractivity contribution in [3.05, 3.63) is 23.3 Å². The predicted molar refractivity (Wildman–Crippen MR) is 167 cm³/mol. The van der Waals surface area contributed by atoms with Crippen LogP contribution in [0.15, 0.2) is 23.3 Å². The van der Waals surface area contributed by atoms with Crippen molar-refractivity contribution in [3.8, 4) is 0 Å². The van der Waals surface area contributed by atoms with Gasteiger partial charge in [0, 0.05) is 22.8 Å². The highest BCUT2D eigenvalue weighted by atomic mass is 16.7. The van der Waals surface area contributed by atoms with Crippen LogP contribution in [-0.2, 0) is 42.8 Å². The zero-order valence-corrected chi connectivity index (χ0v) is 29.1. The monoisotopic (exact) mass is 728 g/mol. The molecule has 3 heterocycles. The van der Waals surface area contributed by atoms with Crippen molar-refractivity contribution in [1.29, 1.82) is 0 Å². The molecule has 8 N–H and O–H groups in total. The summed E-state index contributed by atoms with van der Waals surface area (Å²) in [7, 11) is 1.03. The van der Waals surface area contributed by atoms with E-state index in [1.54, 1.807) is 19.9 Å². The number of allylic oxidation sites excluding steroid dienone is 1. The highest BCUT2D eigenvalue weighted by molar-refractivity contribution is 5.89. The Morgan fingerprint density at radius 3 is 2.31 bits per heavy atom. The third-order valence-electron chi connectivity index (χ3n) is 12.7. The molecule has 5 fully saturated rings. The molecule has 2 saturated carbocycles. The number of carbonyl (C=O) groups excluding carboxylic acids is 3. The Bertz CT molecular complexity index is 1490. The summed E-state index contributed by atoms with van der Waals surface area (Å²) >= 11 is 0. The molecule has 0 aromatic rings. The summed E-state index contributed by atoms with van der Waals surface area (Å²) in [6.07, 6.45) is -15.3. The Morgan fingerprint density at radius 1 is 1.04 bits per heavy atom. The summed E-state index contributed by atoms with van der Waals surface area (Å²) in [4.78, 5) is 40.8. The molecule has 286 valence electrons. The van der Waals surface area contributed by atoms with Crippen molar-refractivity contribution >= 4 is 17.9 Å². The average molecular weight is 729 g/mol. The number of hydrogen-bond acceptors (Lipinski definition) is 17. The topological polar surface area (TPSA) is 268 Å². The van der Waals surface area contributed by atoms with Gasteiger partial charge in [-0.25, -0.2) is 14.4 Å². The number of carbonyl (C=O) groups is 3. The molecule has 0 radical (unpaired) electrons. The fourth-order valence-corrected chi connectivity index (χ4v) is 9.91. The molecule has 51 heavy (non-hydrogen) atoms. The molecular formula is C34H48O17. The minimum absolute atomic E-state index is 0.0448. The maximum atomic E-state index is 13.8. The Balaban J connectivity index is 1.45. The van der Waals surface area contributed by atoms with E-state index < -0.39 is 138 Å². The molecule has 1 spiro atoms. The van der Waals surface area contributed by atoms with E-state index in [1.807, 2.05) is 0 Å². The van der Waals surface area contributed by atoms with Gasteiger partial charge in [0.05, 0.1) is 44.1 Å². The van der Waals surface area contributed by atoms with Gasteiger partial charge in [-0.05, 0) is 45.6 Å². The third-order valence-corrected chi connectivity index (χ3v) is 12.7. The van der Waals surface area contributed by atoms with Gasteiger partial charge < -0.3 is 69.3 Å². The smallest absolute Gasteiger partial charge is 0.348 e. The second-order valence-electron chi connectivity index (χ2n) is 15.6. The molecule has 3 saturated heterocycles. The first-order valence-corrected chi connectivity index (χ1v) is 17.0. The van der Waals surface area contributed by atoms with Crippen LogP contribution in [0.4, 0.5) is 0 Å². The highest BCUT2D eigenvalue weighted by Gasteiger charge is 2.85. The van der Waals surface area contributed by atoms with Crippen molar-refractivity contribution < 1.29 is 83.7 Å². The number of ether oxygens (including phenoxy) is 6. The SMILES string of the molecule is COC(=O)[C@@]12OC[C@@]34[C@H](C[C@@H]5C(C)=C[C@@H](O[C@H]6O[C@H](CO)[C@H](O)[C@H](O)[C@H]6O)[C@H](O)[C@@]5(C)[C@H]3[C@@H](O)[C@@H]1O)OC(=O)[C@@H](OC(=O)/C=C(\C)C(C)(C)O)[C@H]24. The van der Waals surface area contributed by atoms with Gasteiger partial charge in [0.1, 0.15) is 42.7 Å². The van der Waals surface area contributed by atoms with Crippen LogP contribution in [-0.4, -0.2) is 158 Å². The lowest BCUT2D eigenvalue weighted by atomic mass is 9.37. The lowest BCUT2D eigenvalue weighted by Gasteiger charge is -2.68. The Morgan fingerprint density at radius 2 is 1.71 bits per heavy atom. The summed E-state index contributed by atoms with van der Waals surface area (Å²) in [5.74, 6) is -6.60. The van der Waals surface area contributed by atoms with Crippen LogP contribution in [0.3, 0.4) is 0 Å². The molecule has 3 aliphatic carbocycles. The standard InChI is InChI=1S/C34H48O17/c1-12-7-15(48-29-21(39)20(38)19(37)16(10-35)49-29)26(41)32(5)14(12)9-17-33-11-47-34(30(44)46-6,27(42)22(40)24(32)33)25(33)23(28(43)50-17)51-18(36)8-13(2)31(3,4)45/h7-8,14-17,19-27,29,35,37-42,45H,9-11H2,1-6H3/b13-8+/t14-,15-,16-,17+,19+,20+,21-,22-,23+,24-,25+,26+,27+,29+,32-,33-,34+/m1/s1. The normalized spacial score (nSPS) is 49.3. The summed E-state index contributed by atoms with van der Waals surface area (Å²) in [6, 6.07) is 0. The molecule has 0 aromatic carbocycles. The fourth-order valence-electron chi connectivity index (χ4n) is 9.91. The molecule has 0 amide bonds. The van der Waals surface area contributed by atoms with Crippen molar-refractivity contribution in [2.75, 3.05) is 20.3 Å². The Hall–Kier alpha value is -2.55. The minimum Gasteiger partial charge on any atom is -0.467 e. The van der Waals surface area contributed by atoms with Crippen LogP contribution in [0, 0.1) is 28.6 Å². The summed E-state index contributed by atoms with van der Waals surface area (Å²) < 4.78 is 34.4. The number of aliphatic hydroxyl groups is 8. The lowest BCUT2D eigenvalue weighted by molar-refractivity contribution is -0.330. The number of methoxy groups -OCH3 is 1. The van der Waals surface area contributed by atoms with E-state index in [1.165, 1.54) is 20.8 Å². The first-order valence-electron chi connectivity index (χ1n) is 17.0. The van der Waals surface area contributed by atoms with Gasteiger partial charge in [0.25, 0.3) is 0 Å². The van der Waals surface area contributed by atoms with Crippen LogP contribution < -0.4 is 0 Å². The second kappa shape index (κ2) is 12.8. The van der Waals surface area contributed by atoms with Crippen molar-refractivity contribution in [1.82, 2.24) is 0 Å². The molecule has 17 nitrogen and oxygen atoms in total. The summed E-state index contributed by atoms with van der Waals surface area (Å²) in [6.45, 7) is 6.59.